The van der Waals surface area contributed by atoms with E-state index in [-0.39, 0.29) is 34.9 Å². The zero-order chi connectivity index (χ0) is 45.0. The summed E-state index contributed by atoms with van der Waals surface area (Å²) in [6, 6.07) is 37.2. The van der Waals surface area contributed by atoms with E-state index < -0.39 is 24.0 Å². The number of likely N-dealkylation sites (tertiary alicyclic amines) is 1. The number of ketones is 1. The summed E-state index contributed by atoms with van der Waals surface area (Å²) >= 11 is 0. The second-order valence-electron chi connectivity index (χ2n) is 16.6. The maximum atomic E-state index is 14.1. The minimum Gasteiger partial charge on any atom is -0.487 e. The van der Waals surface area contributed by atoms with Crippen molar-refractivity contribution < 1.29 is 28.7 Å². The van der Waals surface area contributed by atoms with Crippen molar-refractivity contribution in [2.75, 3.05) is 17.2 Å². The van der Waals surface area contributed by atoms with Crippen LogP contribution in [0.25, 0.3) is 12.2 Å². The van der Waals surface area contributed by atoms with Crippen LogP contribution >= 0.6 is 0 Å². The topological polar surface area (TPSA) is 139 Å². The number of nitrogens with one attached hydrogen (secondary N) is 2. The maximum Gasteiger partial charge on any atom is 0.271 e. The molecule has 4 aromatic carbocycles. The fraction of sp³-hybridized carbons (Fsp3) is 0.259. The molecule has 1 aliphatic carbocycles. The minimum absolute atomic E-state index is 0.160. The van der Waals surface area contributed by atoms with Crippen LogP contribution in [0.1, 0.15) is 77.7 Å². The summed E-state index contributed by atoms with van der Waals surface area (Å²) in [5, 5.41) is 6.05. The van der Waals surface area contributed by atoms with Gasteiger partial charge in [-0.25, -0.2) is 4.98 Å². The highest BCUT2D eigenvalue weighted by Gasteiger charge is 2.41. The van der Waals surface area contributed by atoms with E-state index in [1.807, 2.05) is 127 Å². The summed E-state index contributed by atoms with van der Waals surface area (Å²) in [5.41, 5.74) is 6.28. The number of carbonyl (C=O) groups is 4. The highest BCUT2D eigenvalue weighted by Crippen LogP contribution is 2.34. The number of ether oxygens (including phenoxy) is 2. The monoisotopic (exact) mass is 867 g/mol. The number of hydrogen-bond donors (Lipinski definition) is 2. The standard InChI is InChI=1S/C54H53N5O6/c1-37-31-34-59(54(63)49-47(20-12-33-56-49)65-36-41-15-7-3-8-16-41)50(37)53(62)58-43-29-25-39(26-30-43)22-21-38-23-27-42(28-24-38)57-52(61)45-18-10-4-9-17-44(45)51(60)48-46(19-11-32-55-48)64-35-40-13-5-2-6-14-40/h2-3,5-8,11-16,19,21-30,32-33,44-45,47,50H,1,4,9-10,17-18,20,31,34-36H2,(H,57,61)(H,58,62)/b22-21+/t44-,45?,47?,50-/m0/s1. The Kier molecular flexibility index (Phi) is 14.6. The van der Waals surface area contributed by atoms with Crippen LogP contribution in [0.4, 0.5) is 11.4 Å². The lowest BCUT2D eigenvalue weighted by molar-refractivity contribution is -0.131. The molecule has 3 amide bonds. The van der Waals surface area contributed by atoms with E-state index in [0.29, 0.717) is 68.1 Å². The number of aliphatic imine (C=N–C) groups is 1. The predicted molar refractivity (Wildman–Crippen MR) is 254 cm³/mol. The number of Topliss-reactive ketones (excluding diaryl/α,β-unsaturated/α-hetero) is 1. The Bertz CT molecular complexity index is 2570. The van der Waals surface area contributed by atoms with Crippen LogP contribution in [0.2, 0.25) is 0 Å². The summed E-state index contributed by atoms with van der Waals surface area (Å²) in [4.78, 5) is 65.9. The number of aromatic nitrogens is 1. The van der Waals surface area contributed by atoms with Crippen LogP contribution in [0.3, 0.4) is 0 Å². The molecule has 330 valence electrons. The van der Waals surface area contributed by atoms with Gasteiger partial charge < -0.3 is 25.0 Å². The minimum atomic E-state index is -0.834. The van der Waals surface area contributed by atoms with E-state index in [9.17, 15) is 19.2 Å². The van der Waals surface area contributed by atoms with Gasteiger partial charge in [0.05, 0.1) is 6.61 Å². The molecule has 0 radical (unpaired) electrons. The molecule has 1 saturated heterocycles. The van der Waals surface area contributed by atoms with Crippen LogP contribution in [0.15, 0.2) is 157 Å². The Morgan fingerprint density at radius 1 is 0.708 bits per heavy atom. The second-order valence-corrected chi connectivity index (χ2v) is 16.6. The van der Waals surface area contributed by atoms with Crippen LogP contribution in [0.5, 0.6) is 5.75 Å². The number of nitrogens with zero attached hydrogens (tertiary/aromatic N) is 3. The van der Waals surface area contributed by atoms with Crippen molar-refractivity contribution in [1.29, 1.82) is 0 Å². The van der Waals surface area contributed by atoms with E-state index in [2.05, 4.69) is 27.2 Å². The quantitative estimate of drug-likeness (QED) is 0.0462. The van der Waals surface area contributed by atoms with Gasteiger partial charge in [-0.2, -0.15) is 0 Å². The molecule has 11 heteroatoms. The molecule has 2 aliphatic heterocycles. The number of carbonyl (C=O) groups excluding carboxylic acids is 4. The van der Waals surface area contributed by atoms with Gasteiger partial charge in [0.15, 0.2) is 5.78 Å². The number of benzene rings is 4. The predicted octanol–water partition coefficient (Wildman–Crippen LogP) is 9.89. The fourth-order valence-electron chi connectivity index (χ4n) is 8.60. The fourth-order valence-corrected chi connectivity index (χ4v) is 8.60. The molecule has 1 aromatic heterocycles. The highest BCUT2D eigenvalue weighted by atomic mass is 16.5. The van der Waals surface area contributed by atoms with Crippen molar-refractivity contribution in [1.82, 2.24) is 9.88 Å². The largest absolute Gasteiger partial charge is 0.487 e. The molecular weight excluding hydrogens is 815 g/mol. The van der Waals surface area contributed by atoms with Gasteiger partial charge in [0.1, 0.15) is 35.9 Å². The van der Waals surface area contributed by atoms with Crippen LogP contribution in [0, 0.1) is 11.8 Å². The van der Waals surface area contributed by atoms with Crippen LogP contribution < -0.4 is 15.4 Å². The SMILES string of the molecule is C=C1CCN(C(=O)C2=NC=CCC2OCc2ccccc2)[C@@H]1C(=O)Nc1ccc(/C=C/c2ccc(NC(=O)C3CCCCC[C@@H]3C(=O)c3ncccc3OCc3ccccc3)cc2)cc1. The van der Waals surface area contributed by atoms with Crippen molar-refractivity contribution in [3.05, 3.63) is 180 Å². The van der Waals surface area contributed by atoms with Gasteiger partial charge in [-0.15, -0.1) is 0 Å². The van der Waals surface area contributed by atoms with E-state index in [4.69, 9.17) is 9.47 Å². The van der Waals surface area contributed by atoms with E-state index in [1.54, 1.807) is 29.4 Å². The molecule has 2 N–H and O–H groups in total. The van der Waals surface area contributed by atoms with Crippen LogP contribution in [-0.2, 0) is 32.3 Å². The number of anilines is 2. The summed E-state index contributed by atoms with van der Waals surface area (Å²) in [7, 11) is 0. The first-order valence-electron chi connectivity index (χ1n) is 22.3. The highest BCUT2D eigenvalue weighted by molar-refractivity contribution is 6.41. The zero-order valence-electron chi connectivity index (χ0n) is 36.3. The first-order valence-corrected chi connectivity index (χ1v) is 22.3. The van der Waals surface area contributed by atoms with Gasteiger partial charge in [0.25, 0.3) is 11.8 Å². The molecule has 0 bridgehead atoms. The second kappa shape index (κ2) is 21.4. The first kappa shape index (κ1) is 44.4. The lowest BCUT2D eigenvalue weighted by Gasteiger charge is -2.28. The van der Waals surface area contributed by atoms with E-state index in [1.165, 1.54) is 0 Å². The van der Waals surface area contributed by atoms with Crippen molar-refractivity contribution in [3.8, 4) is 5.75 Å². The van der Waals surface area contributed by atoms with Crippen molar-refractivity contribution in [2.45, 2.75) is 70.3 Å². The molecule has 65 heavy (non-hydrogen) atoms. The smallest absolute Gasteiger partial charge is 0.271 e. The average Bonchev–Trinajstić information content (AvgIpc) is 3.56. The molecule has 0 spiro atoms. The van der Waals surface area contributed by atoms with Crippen molar-refractivity contribution in [2.24, 2.45) is 16.8 Å². The summed E-state index contributed by atoms with van der Waals surface area (Å²) < 4.78 is 12.2. The van der Waals surface area contributed by atoms with Gasteiger partial charge in [-0.3, -0.25) is 24.2 Å². The average molecular weight is 868 g/mol. The molecule has 4 atom stereocenters. The molecule has 2 unspecified atom stereocenters. The van der Waals surface area contributed by atoms with Crippen LogP contribution in [-0.4, -0.2) is 57.8 Å². The van der Waals surface area contributed by atoms with Gasteiger partial charge in [0, 0.05) is 42.2 Å². The Hall–Kier alpha value is -7.24. The van der Waals surface area contributed by atoms with Crippen molar-refractivity contribution in [3.63, 3.8) is 0 Å². The number of rotatable bonds is 15. The van der Waals surface area contributed by atoms with Gasteiger partial charge in [0.2, 0.25) is 5.91 Å². The Balaban J connectivity index is 0.849. The first-order chi connectivity index (χ1) is 31.8. The number of hydrogen-bond acceptors (Lipinski definition) is 8. The molecule has 1 saturated carbocycles. The van der Waals surface area contributed by atoms with E-state index in [0.717, 1.165) is 41.5 Å². The molecule has 8 rings (SSSR count). The van der Waals surface area contributed by atoms with Gasteiger partial charge >= 0.3 is 0 Å². The molecule has 11 nitrogen and oxygen atoms in total. The van der Waals surface area contributed by atoms with Gasteiger partial charge in [-0.1, -0.05) is 129 Å². The Morgan fingerprint density at radius 3 is 1.98 bits per heavy atom. The maximum absolute atomic E-state index is 14.1. The van der Waals surface area contributed by atoms with E-state index >= 15 is 0 Å². The molecule has 3 aliphatic rings. The lowest BCUT2D eigenvalue weighted by atomic mass is 9.82. The summed E-state index contributed by atoms with van der Waals surface area (Å²) in [6.07, 6.45) is 13.5. The molecule has 2 fully saturated rings. The Labute approximate surface area is 380 Å². The third kappa shape index (κ3) is 11.3. The normalized spacial score (nSPS) is 19.6. The van der Waals surface area contributed by atoms with Gasteiger partial charge in [-0.05, 0) is 89.9 Å². The lowest BCUT2D eigenvalue weighted by Crippen LogP contribution is -2.49. The third-order valence-electron chi connectivity index (χ3n) is 12.1. The molecular formula is C54H53N5O6. The molecule has 3 heterocycles. The number of amides is 3. The summed E-state index contributed by atoms with van der Waals surface area (Å²) in [6.45, 7) is 5.15. The zero-order valence-corrected chi connectivity index (χ0v) is 36.3. The van der Waals surface area contributed by atoms with Crippen molar-refractivity contribution >= 4 is 52.7 Å². The number of pyridine rings is 1. The Morgan fingerprint density at radius 2 is 1.32 bits per heavy atom. The molecule has 5 aromatic rings. The third-order valence-corrected chi connectivity index (χ3v) is 12.1. The summed E-state index contributed by atoms with van der Waals surface area (Å²) in [5.74, 6) is -1.57.